The van der Waals surface area contributed by atoms with Gasteiger partial charge in [0.2, 0.25) is 5.91 Å². The van der Waals surface area contributed by atoms with Crippen molar-refractivity contribution >= 4 is 11.6 Å². The van der Waals surface area contributed by atoms with Crippen LogP contribution in [0.4, 0.5) is 0 Å². The van der Waals surface area contributed by atoms with Crippen molar-refractivity contribution in [3.63, 3.8) is 0 Å². The molecule has 92 valence electrons. The Morgan fingerprint density at radius 2 is 1.88 bits per heavy atom. The monoisotopic (exact) mass is 234 g/mol. The number of carbonyl (C=O) groups is 1. The molecular formula is C13H18N2O2. The summed E-state index contributed by atoms with van der Waals surface area (Å²) >= 11 is 0. The average Bonchev–Trinajstić information content (AvgIpc) is 2.35. The molecule has 0 fully saturated rings. The largest absolute Gasteiger partial charge is 0.497 e. The summed E-state index contributed by atoms with van der Waals surface area (Å²) in [5, 5.41) is 4.05. The predicted molar refractivity (Wildman–Crippen MR) is 68.2 cm³/mol. The molecule has 1 rings (SSSR count). The van der Waals surface area contributed by atoms with Gasteiger partial charge in [0.15, 0.2) is 0 Å². The smallest absolute Gasteiger partial charge is 0.242 e. The molecular weight excluding hydrogens is 216 g/mol. The van der Waals surface area contributed by atoms with Gasteiger partial charge in [-0.25, -0.2) is 5.43 Å². The van der Waals surface area contributed by atoms with Gasteiger partial charge in [-0.1, -0.05) is 13.8 Å². The molecule has 4 heteroatoms. The van der Waals surface area contributed by atoms with Crippen LogP contribution in [0.3, 0.4) is 0 Å². The summed E-state index contributed by atoms with van der Waals surface area (Å²) in [7, 11) is 1.62. The summed E-state index contributed by atoms with van der Waals surface area (Å²) in [5.41, 5.74) is 4.25. The number of benzene rings is 1. The van der Waals surface area contributed by atoms with Gasteiger partial charge in [0.05, 0.1) is 12.8 Å². The van der Waals surface area contributed by atoms with Crippen molar-refractivity contribution in [1.82, 2.24) is 5.43 Å². The van der Waals surface area contributed by atoms with Crippen molar-refractivity contribution in [2.24, 2.45) is 11.0 Å². The molecule has 0 radical (unpaired) electrons. The fourth-order valence-corrected chi connectivity index (χ4v) is 1.16. The van der Waals surface area contributed by atoms with Gasteiger partial charge in [0.25, 0.3) is 0 Å². The van der Waals surface area contributed by atoms with E-state index in [0.29, 0.717) is 0 Å². The van der Waals surface area contributed by atoms with Gasteiger partial charge in [0, 0.05) is 5.92 Å². The van der Waals surface area contributed by atoms with Gasteiger partial charge in [-0.2, -0.15) is 5.10 Å². The van der Waals surface area contributed by atoms with Crippen LogP contribution in [0.5, 0.6) is 5.75 Å². The van der Waals surface area contributed by atoms with Crippen LogP contribution in [0, 0.1) is 5.92 Å². The molecule has 0 bridgehead atoms. The number of hydrogen-bond donors (Lipinski definition) is 1. The molecule has 1 N–H and O–H groups in total. The number of rotatable bonds is 4. The molecule has 1 amide bonds. The van der Waals surface area contributed by atoms with E-state index >= 15 is 0 Å². The van der Waals surface area contributed by atoms with Gasteiger partial charge < -0.3 is 4.74 Å². The van der Waals surface area contributed by atoms with E-state index in [-0.39, 0.29) is 11.8 Å². The van der Waals surface area contributed by atoms with Crippen LogP contribution in [0.15, 0.2) is 29.4 Å². The normalized spacial score (nSPS) is 11.5. The van der Waals surface area contributed by atoms with Crippen LogP contribution < -0.4 is 10.2 Å². The van der Waals surface area contributed by atoms with Gasteiger partial charge in [-0.15, -0.1) is 0 Å². The molecule has 0 aliphatic heterocycles. The summed E-state index contributed by atoms with van der Waals surface area (Å²) < 4.78 is 5.07. The summed E-state index contributed by atoms with van der Waals surface area (Å²) in [4.78, 5) is 11.3. The molecule has 0 aromatic heterocycles. The van der Waals surface area contributed by atoms with Crippen molar-refractivity contribution in [3.05, 3.63) is 29.8 Å². The Morgan fingerprint density at radius 3 is 2.35 bits per heavy atom. The third-order valence-electron chi connectivity index (χ3n) is 2.37. The summed E-state index contributed by atoms with van der Waals surface area (Å²) in [6.07, 6.45) is 0. The second kappa shape index (κ2) is 6.03. The first-order valence-corrected chi connectivity index (χ1v) is 5.53. The van der Waals surface area contributed by atoms with E-state index in [1.54, 1.807) is 7.11 Å². The number of amides is 1. The minimum Gasteiger partial charge on any atom is -0.497 e. The number of ether oxygens (including phenoxy) is 1. The van der Waals surface area contributed by atoms with Crippen molar-refractivity contribution in [2.75, 3.05) is 7.11 Å². The van der Waals surface area contributed by atoms with Crippen molar-refractivity contribution < 1.29 is 9.53 Å². The fourth-order valence-electron chi connectivity index (χ4n) is 1.16. The molecule has 0 unspecified atom stereocenters. The number of hydrogen-bond acceptors (Lipinski definition) is 3. The molecule has 0 spiro atoms. The van der Waals surface area contributed by atoms with Gasteiger partial charge >= 0.3 is 0 Å². The van der Waals surface area contributed by atoms with Gasteiger partial charge in [-0.3, -0.25) is 4.79 Å². The Bertz CT molecular complexity index is 408. The zero-order chi connectivity index (χ0) is 12.8. The molecule has 1 aromatic carbocycles. The Kier molecular flexibility index (Phi) is 4.69. The molecule has 0 saturated heterocycles. The topological polar surface area (TPSA) is 50.7 Å². The molecule has 0 aliphatic rings. The van der Waals surface area contributed by atoms with Crippen molar-refractivity contribution in [3.8, 4) is 5.75 Å². The van der Waals surface area contributed by atoms with Gasteiger partial charge in [0.1, 0.15) is 5.75 Å². The minimum absolute atomic E-state index is 0.0672. The molecule has 0 aliphatic carbocycles. The van der Waals surface area contributed by atoms with E-state index in [1.807, 2.05) is 45.0 Å². The Morgan fingerprint density at radius 1 is 1.29 bits per heavy atom. The first-order chi connectivity index (χ1) is 8.04. The summed E-state index contributed by atoms with van der Waals surface area (Å²) in [6.45, 7) is 5.50. The first kappa shape index (κ1) is 13.2. The number of methoxy groups -OCH3 is 1. The zero-order valence-corrected chi connectivity index (χ0v) is 10.7. The predicted octanol–water partition coefficient (Wildman–Crippen LogP) is 2.19. The second-order valence-corrected chi connectivity index (χ2v) is 4.06. The maximum atomic E-state index is 11.3. The standard InChI is InChI=1S/C13H18N2O2/c1-9(2)13(16)15-14-10(3)11-5-7-12(17-4)8-6-11/h5-9H,1-4H3,(H,15,16)/b14-10-. The quantitative estimate of drug-likeness (QED) is 0.641. The van der Waals surface area contributed by atoms with Crippen molar-refractivity contribution in [1.29, 1.82) is 0 Å². The molecule has 0 saturated carbocycles. The highest BCUT2D eigenvalue weighted by Gasteiger charge is 2.05. The summed E-state index contributed by atoms with van der Waals surface area (Å²) in [5.74, 6) is 0.646. The lowest BCUT2D eigenvalue weighted by Gasteiger charge is -2.05. The third-order valence-corrected chi connectivity index (χ3v) is 2.37. The maximum absolute atomic E-state index is 11.3. The minimum atomic E-state index is -0.0853. The van der Waals surface area contributed by atoms with Crippen LogP contribution >= 0.6 is 0 Å². The SMILES string of the molecule is COc1ccc(/C(C)=N\NC(=O)C(C)C)cc1. The lowest BCUT2D eigenvalue weighted by Crippen LogP contribution is -2.24. The molecule has 0 atom stereocenters. The number of nitrogens with one attached hydrogen (secondary N) is 1. The molecule has 17 heavy (non-hydrogen) atoms. The number of carbonyl (C=O) groups excluding carboxylic acids is 1. The van der Waals surface area contributed by atoms with E-state index in [0.717, 1.165) is 17.0 Å². The fraction of sp³-hybridized carbons (Fsp3) is 0.385. The van der Waals surface area contributed by atoms with Crippen LogP contribution in [-0.4, -0.2) is 18.7 Å². The first-order valence-electron chi connectivity index (χ1n) is 5.53. The Labute approximate surface area is 102 Å². The van der Waals surface area contributed by atoms with E-state index in [9.17, 15) is 4.79 Å². The third kappa shape index (κ3) is 3.90. The van der Waals surface area contributed by atoms with E-state index in [1.165, 1.54) is 0 Å². The van der Waals surface area contributed by atoms with Crippen LogP contribution in [0.1, 0.15) is 26.3 Å². The highest BCUT2D eigenvalue weighted by atomic mass is 16.5. The zero-order valence-electron chi connectivity index (χ0n) is 10.7. The average molecular weight is 234 g/mol. The van der Waals surface area contributed by atoms with E-state index in [4.69, 9.17) is 4.74 Å². The lowest BCUT2D eigenvalue weighted by molar-refractivity contribution is -0.123. The molecule has 0 heterocycles. The highest BCUT2D eigenvalue weighted by Crippen LogP contribution is 2.11. The highest BCUT2D eigenvalue weighted by molar-refractivity contribution is 5.99. The Hall–Kier alpha value is -1.84. The lowest BCUT2D eigenvalue weighted by atomic mass is 10.1. The molecule has 4 nitrogen and oxygen atoms in total. The van der Waals surface area contributed by atoms with Crippen molar-refractivity contribution in [2.45, 2.75) is 20.8 Å². The van der Waals surface area contributed by atoms with Gasteiger partial charge in [-0.05, 0) is 36.8 Å². The van der Waals surface area contributed by atoms with Crippen LogP contribution in [0.25, 0.3) is 0 Å². The Balaban J connectivity index is 2.71. The number of nitrogens with zero attached hydrogens (tertiary/aromatic N) is 1. The number of hydrazone groups is 1. The second-order valence-electron chi connectivity index (χ2n) is 4.06. The summed E-state index contributed by atoms with van der Waals surface area (Å²) in [6, 6.07) is 7.52. The maximum Gasteiger partial charge on any atom is 0.242 e. The van der Waals surface area contributed by atoms with E-state index < -0.39 is 0 Å². The molecule has 1 aromatic rings. The van der Waals surface area contributed by atoms with E-state index in [2.05, 4.69) is 10.5 Å². The van der Waals surface area contributed by atoms with Crippen LogP contribution in [-0.2, 0) is 4.79 Å². The van der Waals surface area contributed by atoms with Crippen LogP contribution in [0.2, 0.25) is 0 Å².